The molecule has 2 nitrogen and oxygen atoms in total. The van der Waals surface area contributed by atoms with Crippen LogP contribution < -0.4 is 5.73 Å². The SMILES string of the molecule is CCC(C)[C@H](N)CN1CCc2ccccc2C1. The summed E-state index contributed by atoms with van der Waals surface area (Å²) in [6.07, 6.45) is 2.34. The molecule has 0 radical (unpaired) electrons. The second-order valence-electron chi connectivity index (χ2n) is 5.30. The molecule has 1 aliphatic heterocycles. The average molecular weight is 232 g/mol. The molecular formula is C15H24N2. The lowest BCUT2D eigenvalue weighted by molar-refractivity contribution is 0.216. The summed E-state index contributed by atoms with van der Waals surface area (Å²) in [6, 6.07) is 9.08. The Labute approximate surface area is 105 Å². The Hall–Kier alpha value is -0.860. The molecule has 94 valence electrons. The lowest BCUT2D eigenvalue weighted by atomic mass is 9.96. The van der Waals surface area contributed by atoms with E-state index in [-0.39, 0.29) is 0 Å². The molecular weight excluding hydrogens is 208 g/mol. The van der Waals surface area contributed by atoms with Crippen LogP contribution in [0.4, 0.5) is 0 Å². The molecule has 0 aliphatic carbocycles. The number of nitrogens with zero attached hydrogens (tertiary/aromatic N) is 1. The van der Waals surface area contributed by atoms with Gasteiger partial charge >= 0.3 is 0 Å². The van der Waals surface area contributed by atoms with E-state index in [2.05, 4.69) is 43.0 Å². The fourth-order valence-electron chi connectivity index (χ4n) is 2.49. The Bertz CT molecular complexity index is 362. The van der Waals surface area contributed by atoms with Crippen LogP contribution in [0.5, 0.6) is 0 Å². The molecule has 1 aromatic rings. The van der Waals surface area contributed by atoms with Gasteiger partial charge in [0.05, 0.1) is 0 Å². The first-order chi connectivity index (χ1) is 8.20. The molecule has 0 saturated heterocycles. The highest BCUT2D eigenvalue weighted by atomic mass is 15.1. The summed E-state index contributed by atoms with van der Waals surface area (Å²) in [7, 11) is 0. The zero-order valence-electron chi connectivity index (χ0n) is 11.0. The predicted molar refractivity (Wildman–Crippen MR) is 72.9 cm³/mol. The van der Waals surface area contributed by atoms with Crippen molar-refractivity contribution in [1.82, 2.24) is 4.90 Å². The number of benzene rings is 1. The monoisotopic (exact) mass is 232 g/mol. The van der Waals surface area contributed by atoms with Gasteiger partial charge in [0.1, 0.15) is 0 Å². The lowest BCUT2D eigenvalue weighted by Crippen LogP contribution is -2.43. The Balaban J connectivity index is 1.94. The minimum absolute atomic E-state index is 0.310. The van der Waals surface area contributed by atoms with E-state index < -0.39 is 0 Å². The third-order valence-corrected chi connectivity index (χ3v) is 4.05. The minimum Gasteiger partial charge on any atom is -0.326 e. The van der Waals surface area contributed by atoms with E-state index >= 15 is 0 Å². The predicted octanol–water partition coefficient (Wildman–Crippen LogP) is 2.42. The largest absolute Gasteiger partial charge is 0.326 e. The molecule has 1 aliphatic rings. The van der Waals surface area contributed by atoms with Gasteiger partial charge in [-0.25, -0.2) is 0 Å². The summed E-state index contributed by atoms with van der Waals surface area (Å²) >= 11 is 0. The van der Waals surface area contributed by atoms with Gasteiger partial charge in [0.15, 0.2) is 0 Å². The van der Waals surface area contributed by atoms with Crippen molar-refractivity contribution in [1.29, 1.82) is 0 Å². The summed E-state index contributed by atoms with van der Waals surface area (Å²) < 4.78 is 0. The fourth-order valence-corrected chi connectivity index (χ4v) is 2.49. The molecule has 2 heteroatoms. The molecule has 0 amide bonds. The topological polar surface area (TPSA) is 29.3 Å². The van der Waals surface area contributed by atoms with E-state index in [1.165, 1.54) is 24.0 Å². The first kappa shape index (κ1) is 12.6. The standard InChI is InChI=1S/C15H24N2/c1-3-12(2)15(16)11-17-9-8-13-6-4-5-7-14(13)10-17/h4-7,12,15H,3,8-11,16H2,1-2H3/t12?,15-/m1/s1. The van der Waals surface area contributed by atoms with Crippen molar-refractivity contribution in [3.05, 3.63) is 35.4 Å². The van der Waals surface area contributed by atoms with Gasteiger partial charge in [0.25, 0.3) is 0 Å². The highest BCUT2D eigenvalue weighted by Gasteiger charge is 2.19. The fraction of sp³-hybridized carbons (Fsp3) is 0.600. The number of nitrogens with two attached hydrogens (primary N) is 1. The van der Waals surface area contributed by atoms with Crippen LogP contribution >= 0.6 is 0 Å². The van der Waals surface area contributed by atoms with Crippen molar-refractivity contribution in [3.63, 3.8) is 0 Å². The number of rotatable bonds is 4. The van der Waals surface area contributed by atoms with Crippen LogP contribution in [-0.4, -0.2) is 24.0 Å². The van der Waals surface area contributed by atoms with Crippen molar-refractivity contribution >= 4 is 0 Å². The van der Waals surface area contributed by atoms with Crippen LogP contribution in [-0.2, 0) is 13.0 Å². The number of fused-ring (bicyclic) bond motifs is 1. The van der Waals surface area contributed by atoms with Crippen LogP contribution in [0.15, 0.2) is 24.3 Å². The summed E-state index contributed by atoms with van der Waals surface area (Å²) in [4.78, 5) is 2.50. The second-order valence-corrected chi connectivity index (χ2v) is 5.30. The van der Waals surface area contributed by atoms with Gasteiger partial charge < -0.3 is 5.73 Å². The Morgan fingerprint density at radius 2 is 2.00 bits per heavy atom. The van der Waals surface area contributed by atoms with Gasteiger partial charge in [-0.3, -0.25) is 4.90 Å². The molecule has 0 bridgehead atoms. The van der Waals surface area contributed by atoms with E-state index in [0.29, 0.717) is 12.0 Å². The third-order valence-electron chi connectivity index (χ3n) is 4.05. The Morgan fingerprint density at radius 3 is 2.71 bits per heavy atom. The quantitative estimate of drug-likeness (QED) is 0.864. The number of hydrogen-bond acceptors (Lipinski definition) is 2. The maximum atomic E-state index is 6.24. The summed E-state index contributed by atoms with van der Waals surface area (Å²) in [6.45, 7) is 7.73. The van der Waals surface area contributed by atoms with E-state index in [1.807, 2.05) is 0 Å². The van der Waals surface area contributed by atoms with Crippen LogP contribution in [0.2, 0.25) is 0 Å². The van der Waals surface area contributed by atoms with Gasteiger partial charge in [-0.15, -0.1) is 0 Å². The highest BCUT2D eigenvalue weighted by molar-refractivity contribution is 5.29. The van der Waals surface area contributed by atoms with E-state index in [1.54, 1.807) is 0 Å². The lowest BCUT2D eigenvalue weighted by Gasteiger charge is -2.32. The molecule has 1 unspecified atom stereocenters. The smallest absolute Gasteiger partial charge is 0.0237 e. The van der Waals surface area contributed by atoms with Crippen molar-refractivity contribution in [2.24, 2.45) is 11.7 Å². The summed E-state index contributed by atoms with van der Waals surface area (Å²) in [5.41, 5.74) is 9.23. The normalized spacial score (nSPS) is 19.7. The van der Waals surface area contributed by atoms with Gasteiger partial charge in [-0.05, 0) is 23.5 Å². The maximum Gasteiger partial charge on any atom is 0.0237 e. The van der Waals surface area contributed by atoms with Gasteiger partial charge in [-0.1, -0.05) is 44.5 Å². The Kier molecular flexibility index (Phi) is 4.19. The molecule has 0 aromatic heterocycles. The van der Waals surface area contributed by atoms with Gasteiger partial charge in [0, 0.05) is 25.7 Å². The maximum absolute atomic E-state index is 6.24. The molecule has 2 N–H and O–H groups in total. The van der Waals surface area contributed by atoms with E-state index in [4.69, 9.17) is 5.73 Å². The van der Waals surface area contributed by atoms with E-state index in [0.717, 1.165) is 19.6 Å². The van der Waals surface area contributed by atoms with Gasteiger partial charge in [0.2, 0.25) is 0 Å². The first-order valence-corrected chi connectivity index (χ1v) is 6.75. The molecule has 2 rings (SSSR count). The summed E-state index contributed by atoms with van der Waals surface area (Å²) in [5, 5.41) is 0. The average Bonchev–Trinajstić information content (AvgIpc) is 2.37. The molecule has 1 aromatic carbocycles. The van der Waals surface area contributed by atoms with E-state index in [9.17, 15) is 0 Å². The molecule has 0 saturated carbocycles. The van der Waals surface area contributed by atoms with Crippen LogP contribution in [0.3, 0.4) is 0 Å². The minimum atomic E-state index is 0.310. The highest BCUT2D eigenvalue weighted by Crippen LogP contribution is 2.19. The van der Waals surface area contributed by atoms with Crippen molar-refractivity contribution in [2.75, 3.05) is 13.1 Å². The Morgan fingerprint density at radius 1 is 1.29 bits per heavy atom. The van der Waals surface area contributed by atoms with Crippen LogP contribution in [0.1, 0.15) is 31.4 Å². The van der Waals surface area contributed by atoms with Crippen molar-refractivity contribution in [3.8, 4) is 0 Å². The number of hydrogen-bond donors (Lipinski definition) is 1. The third kappa shape index (κ3) is 3.08. The van der Waals surface area contributed by atoms with Crippen LogP contribution in [0.25, 0.3) is 0 Å². The zero-order valence-corrected chi connectivity index (χ0v) is 11.0. The molecule has 0 fully saturated rings. The summed E-state index contributed by atoms with van der Waals surface area (Å²) in [5.74, 6) is 0.618. The molecule has 2 atom stereocenters. The van der Waals surface area contributed by atoms with Gasteiger partial charge in [-0.2, -0.15) is 0 Å². The van der Waals surface area contributed by atoms with Crippen molar-refractivity contribution in [2.45, 2.75) is 39.3 Å². The first-order valence-electron chi connectivity index (χ1n) is 6.75. The second kappa shape index (κ2) is 5.65. The van der Waals surface area contributed by atoms with Crippen molar-refractivity contribution < 1.29 is 0 Å². The molecule has 1 heterocycles. The van der Waals surface area contributed by atoms with Crippen LogP contribution in [0, 0.1) is 5.92 Å². The molecule has 17 heavy (non-hydrogen) atoms. The molecule has 0 spiro atoms. The zero-order chi connectivity index (χ0) is 12.3.